The lowest BCUT2D eigenvalue weighted by Gasteiger charge is -2.32. The molecular weight excluding hydrogens is 416 g/mol. The minimum atomic E-state index is -3.67. The van der Waals surface area contributed by atoms with Gasteiger partial charge in [0.1, 0.15) is 0 Å². The standard InChI is InChI=1S/C22H28N4O4S/c1-16-8-9-19(31(29,30)26-13-4-3-6-17(26)2)14-20(16)22(28)24-12-10-21(27)25-18-7-5-11-23-15-18/h5,7-9,11,14-15,17H,3-4,6,10,12-13H2,1-2H3,(H,24,28)(H,25,27). The Morgan fingerprint density at radius 3 is 2.74 bits per heavy atom. The van der Waals surface area contributed by atoms with Crippen LogP contribution in [-0.4, -0.2) is 48.7 Å². The first-order valence-corrected chi connectivity index (χ1v) is 11.8. The first-order chi connectivity index (χ1) is 14.8. The van der Waals surface area contributed by atoms with E-state index in [0.29, 0.717) is 23.4 Å². The van der Waals surface area contributed by atoms with Gasteiger partial charge in [-0.3, -0.25) is 14.6 Å². The number of nitrogens with zero attached hydrogens (tertiary/aromatic N) is 2. The van der Waals surface area contributed by atoms with Crippen molar-refractivity contribution in [1.82, 2.24) is 14.6 Å². The highest BCUT2D eigenvalue weighted by atomic mass is 32.2. The van der Waals surface area contributed by atoms with E-state index in [1.165, 1.54) is 16.6 Å². The molecule has 3 rings (SSSR count). The van der Waals surface area contributed by atoms with Gasteiger partial charge in [-0.2, -0.15) is 4.31 Å². The molecule has 1 atom stereocenters. The van der Waals surface area contributed by atoms with Crippen molar-refractivity contribution in [3.63, 3.8) is 0 Å². The quantitative estimate of drug-likeness (QED) is 0.683. The molecule has 1 aromatic heterocycles. The predicted octanol–water partition coefficient (Wildman–Crippen LogP) is 2.71. The smallest absolute Gasteiger partial charge is 0.251 e. The van der Waals surface area contributed by atoms with E-state index >= 15 is 0 Å². The van der Waals surface area contributed by atoms with E-state index in [4.69, 9.17) is 0 Å². The van der Waals surface area contributed by atoms with Crippen molar-refractivity contribution in [3.8, 4) is 0 Å². The van der Waals surface area contributed by atoms with Gasteiger partial charge in [-0.1, -0.05) is 12.5 Å². The lowest BCUT2D eigenvalue weighted by molar-refractivity contribution is -0.116. The van der Waals surface area contributed by atoms with Crippen LogP contribution in [0.25, 0.3) is 0 Å². The van der Waals surface area contributed by atoms with Gasteiger partial charge in [0, 0.05) is 37.3 Å². The van der Waals surface area contributed by atoms with E-state index in [1.54, 1.807) is 37.4 Å². The van der Waals surface area contributed by atoms with Gasteiger partial charge in [-0.25, -0.2) is 8.42 Å². The van der Waals surface area contributed by atoms with Gasteiger partial charge in [0.2, 0.25) is 15.9 Å². The van der Waals surface area contributed by atoms with E-state index < -0.39 is 15.9 Å². The zero-order valence-electron chi connectivity index (χ0n) is 17.8. The molecule has 2 aromatic rings. The predicted molar refractivity (Wildman–Crippen MR) is 118 cm³/mol. The van der Waals surface area contributed by atoms with E-state index in [-0.39, 0.29) is 29.8 Å². The van der Waals surface area contributed by atoms with Gasteiger partial charge < -0.3 is 10.6 Å². The first-order valence-electron chi connectivity index (χ1n) is 10.4. The van der Waals surface area contributed by atoms with Crippen molar-refractivity contribution in [2.75, 3.05) is 18.4 Å². The fraction of sp³-hybridized carbons (Fsp3) is 0.409. The Hall–Kier alpha value is -2.78. The van der Waals surface area contributed by atoms with Crippen LogP contribution in [0.3, 0.4) is 0 Å². The summed E-state index contributed by atoms with van der Waals surface area (Å²) in [6.45, 7) is 4.29. The zero-order valence-corrected chi connectivity index (χ0v) is 18.6. The molecule has 166 valence electrons. The molecular formula is C22H28N4O4S. The van der Waals surface area contributed by atoms with Gasteiger partial charge in [0.15, 0.2) is 0 Å². The van der Waals surface area contributed by atoms with Crippen molar-refractivity contribution < 1.29 is 18.0 Å². The Labute approximate surface area is 183 Å². The van der Waals surface area contributed by atoms with Crippen LogP contribution in [-0.2, 0) is 14.8 Å². The van der Waals surface area contributed by atoms with E-state index in [0.717, 1.165) is 19.3 Å². The van der Waals surface area contributed by atoms with Crippen molar-refractivity contribution in [1.29, 1.82) is 0 Å². The molecule has 31 heavy (non-hydrogen) atoms. The normalized spacial score (nSPS) is 17.2. The Bertz CT molecular complexity index is 1040. The third-order valence-electron chi connectivity index (χ3n) is 5.39. The maximum absolute atomic E-state index is 13.1. The lowest BCUT2D eigenvalue weighted by Crippen LogP contribution is -2.42. The molecule has 0 radical (unpaired) electrons. The molecule has 0 aliphatic carbocycles. The third-order valence-corrected chi connectivity index (χ3v) is 7.39. The van der Waals surface area contributed by atoms with Crippen LogP contribution in [0.4, 0.5) is 5.69 Å². The summed E-state index contributed by atoms with van der Waals surface area (Å²) in [5.74, 6) is -0.657. The number of pyridine rings is 1. The fourth-order valence-electron chi connectivity index (χ4n) is 3.62. The second-order valence-electron chi connectivity index (χ2n) is 7.73. The van der Waals surface area contributed by atoms with E-state index in [2.05, 4.69) is 15.6 Å². The van der Waals surface area contributed by atoms with Crippen molar-refractivity contribution in [3.05, 3.63) is 53.9 Å². The summed E-state index contributed by atoms with van der Waals surface area (Å²) in [5.41, 5.74) is 1.54. The maximum Gasteiger partial charge on any atom is 0.251 e. The number of hydrogen-bond donors (Lipinski definition) is 2. The molecule has 1 fully saturated rings. The third kappa shape index (κ3) is 5.68. The van der Waals surface area contributed by atoms with Crippen molar-refractivity contribution >= 4 is 27.5 Å². The molecule has 8 nitrogen and oxygen atoms in total. The average molecular weight is 445 g/mol. The minimum absolute atomic E-state index is 0.0596. The second-order valence-corrected chi connectivity index (χ2v) is 9.62. The Kier molecular flexibility index (Phi) is 7.40. The van der Waals surface area contributed by atoms with Crippen LogP contribution in [0.2, 0.25) is 0 Å². The Morgan fingerprint density at radius 2 is 2.03 bits per heavy atom. The number of carbonyl (C=O) groups excluding carboxylic acids is 2. The highest BCUT2D eigenvalue weighted by Crippen LogP contribution is 2.26. The molecule has 9 heteroatoms. The number of nitrogens with one attached hydrogen (secondary N) is 2. The molecule has 1 unspecified atom stereocenters. The van der Waals surface area contributed by atoms with E-state index in [1.807, 2.05) is 6.92 Å². The van der Waals surface area contributed by atoms with Crippen LogP contribution in [0.1, 0.15) is 48.5 Å². The summed E-state index contributed by atoms with van der Waals surface area (Å²) in [7, 11) is -3.67. The molecule has 1 aliphatic rings. The number of aromatic nitrogens is 1. The first kappa shape index (κ1) is 22.9. The molecule has 1 aromatic carbocycles. The van der Waals surface area contributed by atoms with E-state index in [9.17, 15) is 18.0 Å². The molecule has 2 heterocycles. The largest absolute Gasteiger partial charge is 0.352 e. The fourth-order valence-corrected chi connectivity index (χ4v) is 5.34. The topological polar surface area (TPSA) is 108 Å². The average Bonchev–Trinajstić information content (AvgIpc) is 2.74. The summed E-state index contributed by atoms with van der Waals surface area (Å²) in [4.78, 5) is 28.7. The number of benzene rings is 1. The number of piperidine rings is 1. The Balaban J connectivity index is 1.64. The van der Waals surface area contributed by atoms with Crippen LogP contribution < -0.4 is 10.6 Å². The number of carbonyl (C=O) groups is 2. The molecule has 2 N–H and O–H groups in total. The van der Waals surface area contributed by atoms with Crippen LogP contribution in [0.15, 0.2) is 47.6 Å². The van der Waals surface area contributed by atoms with Gasteiger partial charge in [0.25, 0.3) is 5.91 Å². The highest BCUT2D eigenvalue weighted by molar-refractivity contribution is 7.89. The lowest BCUT2D eigenvalue weighted by atomic mass is 10.1. The van der Waals surface area contributed by atoms with Gasteiger partial charge in [-0.05, 0) is 56.5 Å². The monoisotopic (exact) mass is 444 g/mol. The van der Waals surface area contributed by atoms with Crippen LogP contribution >= 0.6 is 0 Å². The minimum Gasteiger partial charge on any atom is -0.352 e. The number of rotatable bonds is 7. The Morgan fingerprint density at radius 1 is 1.23 bits per heavy atom. The van der Waals surface area contributed by atoms with Crippen LogP contribution in [0.5, 0.6) is 0 Å². The maximum atomic E-state index is 13.1. The summed E-state index contributed by atoms with van der Waals surface area (Å²) >= 11 is 0. The molecule has 1 aliphatic heterocycles. The molecule has 2 amide bonds. The highest BCUT2D eigenvalue weighted by Gasteiger charge is 2.31. The second kappa shape index (κ2) is 10.0. The van der Waals surface area contributed by atoms with Gasteiger partial charge in [-0.15, -0.1) is 0 Å². The van der Waals surface area contributed by atoms with Gasteiger partial charge >= 0.3 is 0 Å². The zero-order chi connectivity index (χ0) is 22.4. The summed E-state index contributed by atoms with van der Waals surface area (Å²) in [6.07, 6.45) is 5.92. The summed E-state index contributed by atoms with van der Waals surface area (Å²) in [6, 6.07) is 8.00. The number of amides is 2. The SMILES string of the molecule is Cc1ccc(S(=O)(=O)N2CCCCC2C)cc1C(=O)NCCC(=O)Nc1cccnc1. The van der Waals surface area contributed by atoms with Gasteiger partial charge in [0.05, 0.1) is 16.8 Å². The summed E-state index contributed by atoms with van der Waals surface area (Å²) in [5, 5.41) is 5.40. The van der Waals surface area contributed by atoms with Crippen molar-refractivity contribution in [2.24, 2.45) is 0 Å². The molecule has 1 saturated heterocycles. The molecule has 0 bridgehead atoms. The summed E-state index contributed by atoms with van der Waals surface area (Å²) < 4.78 is 27.7. The number of anilines is 1. The molecule has 0 spiro atoms. The molecule has 0 saturated carbocycles. The number of hydrogen-bond acceptors (Lipinski definition) is 5. The number of aryl methyl sites for hydroxylation is 1. The van der Waals surface area contributed by atoms with Crippen molar-refractivity contribution in [2.45, 2.75) is 50.5 Å². The van der Waals surface area contributed by atoms with Crippen LogP contribution in [0, 0.1) is 6.92 Å². The number of sulfonamides is 1.